The third kappa shape index (κ3) is 5.80. The number of halogens is 2. The number of rotatable bonds is 5. The van der Waals surface area contributed by atoms with Gasteiger partial charge in [0.15, 0.2) is 0 Å². The lowest BCUT2D eigenvalue weighted by Crippen LogP contribution is -2.28. The normalized spacial score (nSPS) is 13.1. The molecule has 0 fully saturated rings. The zero-order valence-electron chi connectivity index (χ0n) is 10.6. The van der Waals surface area contributed by atoms with Gasteiger partial charge in [0.05, 0.1) is 11.8 Å². The van der Waals surface area contributed by atoms with Crippen molar-refractivity contribution in [1.82, 2.24) is 5.32 Å². The summed E-state index contributed by atoms with van der Waals surface area (Å²) in [6.45, 7) is 1.77. The van der Waals surface area contributed by atoms with E-state index >= 15 is 0 Å². The first-order valence-electron chi connectivity index (χ1n) is 5.61. The fourth-order valence-electron chi connectivity index (χ4n) is 1.52. The van der Waals surface area contributed by atoms with Gasteiger partial charge in [-0.25, -0.2) is 8.42 Å². The van der Waals surface area contributed by atoms with Crippen LogP contribution in [0.3, 0.4) is 0 Å². The van der Waals surface area contributed by atoms with Gasteiger partial charge < -0.3 is 5.32 Å². The Hall–Kier alpha value is -0.780. The lowest BCUT2D eigenvalue weighted by molar-refractivity contribution is -0.121. The highest BCUT2D eigenvalue weighted by atomic mass is 35.5. The third-order valence-corrected chi connectivity index (χ3v) is 4.01. The molecule has 19 heavy (non-hydrogen) atoms. The number of nitrogens with one attached hydrogen (secondary N) is 1. The smallest absolute Gasteiger partial charge is 0.221 e. The fraction of sp³-hybridized carbons (Fsp3) is 0.417. The first kappa shape index (κ1) is 16.3. The molecular weight excluding hydrogens is 309 g/mol. The van der Waals surface area contributed by atoms with Crippen molar-refractivity contribution >= 4 is 38.9 Å². The van der Waals surface area contributed by atoms with Gasteiger partial charge in [-0.15, -0.1) is 0 Å². The summed E-state index contributed by atoms with van der Waals surface area (Å²) in [5.74, 6) is -0.496. The van der Waals surface area contributed by atoms with Crippen molar-refractivity contribution in [2.75, 3.05) is 12.0 Å². The highest BCUT2D eigenvalue weighted by Crippen LogP contribution is 2.26. The maximum Gasteiger partial charge on any atom is 0.221 e. The van der Waals surface area contributed by atoms with Crippen molar-refractivity contribution < 1.29 is 13.2 Å². The quantitative estimate of drug-likeness (QED) is 0.905. The monoisotopic (exact) mass is 323 g/mol. The predicted molar refractivity (Wildman–Crippen MR) is 77.3 cm³/mol. The molecule has 0 bridgehead atoms. The zero-order valence-corrected chi connectivity index (χ0v) is 12.9. The highest BCUT2D eigenvalue weighted by molar-refractivity contribution is 7.90. The zero-order chi connectivity index (χ0) is 14.6. The largest absolute Gasteiger partial charge is 0.350 e. The van der Waals surface area contributed by atoms with Crippen molar-refractivity contribution in [3.05, 3.63) is 33.8 Å². The van der Waals surface area contributed by atoms with Gasteiger partial charge in [-0.05, 0) is 24.6 Å². The molecule has 1 aromatic carbocycles. The molecule has 4 nitrogen and oxygen atoms in total. The highest BCUT2D eigenvalue weighted by Gasteiger charge is 2.14. The van der Waals surface area contributed by atoms with Gasteiger partial charge in [-0.3, -0.25) is 4.79 Å². The molecule has 0 spiro atoms. The standard InChI is InChI=1S/C12H15Cl2NO3S/c1-8(10-4-3-9(13)7-11(10)14)15-12(16)5-6-19(2,17)18/h3-4,7-8H,5-6H2,1-2H3,(H,15,16). The molecule has 0 saturated heterocycles. The molecule has 7 heteroatoms. The molecule has 1 rings (SSSR count). The Morgan fingerprint density at radius 2 is 2.00 bits per heavy atom. The lowest BCUT2D eigenvalue weighted by Gasteiger charge is -2.15. The minimum atomic E-state index is -3.14. The number of sulfone groups is 1. The summed E-state index contributed by atoms with van der Waals surface area (Å²) in [5.41, 5.74) is 0.735. The molecular formula is C12H15Cl2NO3S. The van der Waals surface area contributed by atoms with Crippen molar-refractivity contribution in [1.29, 1.82) is 0 Å². The van der Waals surface area contributed by atoms with Crippen LogP contribution in [0.5, 0.6) is 0 Å². The summed E-state index contributed by atoms with van der Waals surface area (Å²) in [7, 11) is -3.14. The van der Waals surface area contributed by atoms with Crippen molar-refractivity contribution in [2.24, 2.45) is 0 Å². The van der Waals surface area contributed by atoms with E-state index in [-0.39, 0.29) is 24.1 Å². The molecule has 1 aromatic rings. The van der Waals surface area contributed by atoms with Crippen LogP contribution in [0, 0.1) is 0 Å². The topological polar surface area (TPSA) is 63.2 Å². The van der Waals surface area contributed by atoms with Crippen LogP contribution >= 0.6 is 23.2 Å². The van der Waals surface area contributed by atoms with E-state index in [0.717, 1.165) is 11.8 Å². The van der Waals surface area contributed by atoms with Crippen LogP contribution in [-0.2, 0) is 14.6 Å². The molecule has 0 saturated carbocycles. The Bertz CT molecular complexity index is 572. The van der Waals surface area contributed by atoms with E-state index in [9.17, 15) is 13.2 Å². The maximum absolute atomic E-state index is 11.6. The van der Waals surface area contributed by atoms with Crippen molar-refractivity contribution in [3.63, 3.8) is 0 Å². The van der Waals surface area contributed by atoms with Crippen LogP contribution in [0.15, 0.2) is 18.2 Å². The van der Waals surface area contributed by atoms with Crippen LogP contribution in [-0.4, -0.2) is 26.3 Å². The molecule has 0 radical (unpaired) electrons. The molecule has 0 heterocycles. The molecule has 1 atom stereocenters. The predicted octanol–water partition coefficient (Wildman–Crippen LogP) is 2.61. The van der Waals surface area contributed by atoms with Gasteiger partial charge >= 0.3 is 0 Å². The number of hydrogen-bond donors (Lipinski definition) is 1. The van der Waals surface area contributed by atoms with E-state index < -0.39 is 9.84 Å². The van der Waals surface area contributed by atoms with Crippen molar-refractivity contribution in [3.8, 4) is 0 Å². The molecule has 0 aliphatic carbocycles. The minimum Gasteiger partial charge on any atom is -0.350 e. The average molecular weight is 324 g/mol. The molecule has 0 aliphatic heterocycles. The van der Waals surface area contributed by atoms with Gasteiger partial charge in [0, 0.05) is 22.7 Å². The second-order valence-corrected chi connectivity index (χ2v) is 7.44. The maximum atomic E-state index is 11.6. The summed E-state index contributed by atoms with van der Waals surface area (Å²) in [4.78, 5) is 11.6. The van der Waals surface area contributed by atoms with Gasteiger partial charge in [0.2, 0.25) is 5.91 Å². The first-order chi connectivity index (χ1) is 8.69. The van der Waals surface area contributed by atoms with Crippen LogP contribution in [0.25, 0.3) is 0 Å². The first-order valence-corrected chi connectivity index (χ1v) is 8.43. The van der Waals surface area contributed by atoms with Crippen molar-refractivity contribution in [2.45, 2.75) is 19.4 Å². The molecule has 0 aliphatic rings. The Morgan fingerprint density at radius 3 is 2.53 bits per heavy atom. The molecule has 1 amide bonds. The Kier molecular flexibility index (Phi) is 5.64. The van der Waals surface area contributed by atoms with Gasteiger partial charge in [0.1, 0.15) is 9.84 Å². The number of benzene rings is 1. The van der Waals surface area contributed by atoms with E-state index in [1.807, 2.05) is 0 Å². The summed E-state index contributed by atoms with van der Waals surface area (Å²) < 4.78 is 21.9. The number of carbonyl (C=O) groups is 1. The van der Waals surface area contributed by atoms with E-state index in [4.69, 9.17) is 23.2 Å². The molecule has 106 valence electrons. The van der Waals surface area contributed by atoms with E-state index in [1.165, 1.54) is 0 Å². The SMILES string of the molecule is CC(NC(=O)CCS(C)(=O)=O)c1ccc(Cl)cc1Cl. The van der Waals surface area contributed by atoms with Crippen LogP contribution in [0.4, 0.5) is 0 Å². The second-order valence-electron chi connectivity index (χ2n) is 4.33. The van der Waals surface area contributed by atoms with Gasteiger partial charge in [-0.1, -0.05) is 29.3 Å². The van der Waals surface area contributed by atoms with Gasteiger partial charge in [-0.2, -0.15) is 0 Å². The number of carbonyl (C=O) groups excluding carboxylic acids is 1. The fourth-order valence-corrected chi connectivity index (χ4v) is 2.65. The second kappa shape index (κ2) is 6.59. The van der Waals surface area contributed by atoms with Crippen LogP contribution < -0.4 is 5.32 Å². The number of amides is 1. The number of hydrogen-bond acceptors (Lipinski definition) is 3. The lowest BCUT2D eigenvalue weighted by atomic mass is 10.1. The summed E-state index contributed by atoms with van der Waals surface area (Å²) in [6.07, 6.45) is 1.04. The Balaban J connectivity index is 2.64. The Morgan fingerprint density at radius 1 is 1.37 bits per heavy atom. The van der Waals surface area contributed by atoms with E-state index in [1.54, 1.807) is 25.1 Å². The average Bonchev–Trinajstić information content (AvgIpc) is 2.25. The summed E-state index contributed by atoms with van der Waals surface area (Å²) in [6, 6.07) is 4.70. The van der Waals surface area contributed by atoms with Crippen LogP contribution in [0.1, 0.15) is 24.9 Å². The molecule has 1 unspecified atom stereocenters. The third-order valence-electron chi connectivity index (χ3n) is 2.51. The molecule has 1 N–H and O–H groups in total. The summed E-state index contributed by atoms with van der Waals surface area (Å²) in [5, 5.41) is 3.68. The summed E-state index contributed by atoms with van der Waals surface area (Å²) >= 11 is 11.8. The van der Waals surface area contributed by atoms with E-state index in [2.05, 4.69) is 5.32 Å². The van der Waals surface area contributed by atoms with Crippen LogP contribution in [0.2, 0.25) is 10.0 Å². The minimum absolute atomic E-state index is 0.0611. The Labute approximate surface area is 123 Å². The molecule has 0 aromatic heterocycles. The van der Waals surface area contributed by atoms with E-state index in [0.29, 0.717) is 10.0 Å². The van der Waals surface area contributed by atoms with Gasteiger partial charge in [0.25, 0.3) is 0 Å².